The summed E-state index contributed by atoms with van der Waals surface area (Å²) >= 11 is 1.83. The highest BCUT2D eigenvalue weighted by Crippen LogP contribution is 2.27. The molecule has 0 bridgehead atoms. The average molecular weight is 238 g/mol. The van der Waals surface area contributed by atoms with Crippen molar-refractivity contribution in [1.82, 2.24) is 0 Å². The highest BCUT2D eigenvalue weighted by atomic mass is 32.2. The molecule has 0 radical (unpaired) electrons. The lowest BCUT2D eigenvalue weighted by molar-refractivity contribution is -0.196. The van der Waals surface area contributed by atoms with Gasteiger partial charge >= 0.3 is 0 Å². The van der Waals surface area contributed by atoms with E-state index in [0.29, 0.717) is 11.2 Å². The zero-order valence-corrected chi connectivity index (χ0v) is 10.6. The summed E-state index contributed by atoms with van der Waals surface area (Å²) in [5.41, 5.74) is 0. The summed E-state index contributed by atoms with van der Waals surface area (Å²) in [5.74, 6) is 0.433. The second kappa shape index (κ2) is 5.71. The first-order chi connectivity index (χ1) is 7.75. The molecule has 0 aromatic heterocycles. The summed E-state index contributed by atoms with van der Waals surface area (Å²) in [6, 6.07) is 10.4. The summed E-state index contributed by atoms with van der Waals surface area (Å²) in [6.07, 6.45) is -0.0207. The quantitative estimate of drug-likeness (QED) is 0.806. The van der Waals surface area contributed by atoms with Gasteiger partial charge in [0.15, 0.2) is 6.29 Å². The first-order valence-electron chi connectivity index (χ1n) is 5.70. The molecule has 1 aromatic carbocycles. The van der Waals surface area contributed by atoms with Crippen molar-refractivity contribution in [2.75, 3.05) is 13.2 Å². The zero-order valence-electron chi connectivity index (χ0n) is 9.76. The van der Waals surface area contributed by atoms with Crippen LogP contribution in [-0.4, -0.2) is 24.8 Å². The summed E-state index contributed by atoms with van der Waals surface area (Å²) in [4.78, 5) is 1.28. The van der Waals surface area contributed by atoms with Gasteiger partial charge in [0.05, 0.1) is 18.5 Å². The minimum atomic E-state index is -0.0207. The standard InChI is InChI=1S/C13H18O2S/c1-10(2)13-14-8-12(9-15-13)16-11-6-4-3-5-7-11/h3-7,10,12-13H,8-9H2,1-2H3. The molecule has 1 aliphatic rings. The fourth-order valence-corrected chi connectivity index (χ4v) is 2.64. The van der Waals surface area contributed by atoms with Crippen molar-refractivity contribution in [2.24, 2.45) is 5.92 Å². The van der Waals surface area contributed by atoms with Gasteiger partial charge < -0.3 is 9.47 Å². The van der Waals surface area contributed by atoms with Gasteiger partial charge in [-0.2, -0.15) is 0 Å². The van der Waals surface area contributed by atoms with Crippen LogP contribution in [0.5, 0.6) is 0 Å². The number of rotatable bonds is 3. The molecule has 3 heteroatoms. The third kappa shape index (κ3) is 3.24. The Morgan fingerprint density at radius 2 is 1.75 bits per heavy atom. The van der Waals surface area contributed by atoms with E-state index in [2.05, 4.69) is 38.1 Å². The van der Waals surface area contributed by atoms with Crippen molar-refractivity contribution in [1.29, 1.82) is 0 Å². The van der Waals surface area contributed by atoms with E-state index in [-0.39, 0.29) is 6.29 Å². The number of ether oxygens (including phenoxy) is 2. The van der Waals surface area contributed by atoms with Crippen LogP contribution in [0.25, 0.3) is 0 Å². The van der Waals surface area contributed by atoms with E-state index >= 15 is 0 Å². The van der Waals surface area contributed by atoms with Crippen molar-refractivity contribution < 1.29 is 9.47 Å². The van der Waals surface area contributed by atoms with Crippen molar-refractivity contribution in [3.05, 3.63) is 30.3 Å². The van der Waals surface area contributed by atoms with Crippen LogP contribution in [-0.2, 0) is 9.47 Å². The lowest BCUT2D eigenvalue weighted by Crippen LogP contribution is -2.36. The Balaban J connectivity index is 1.82. The highest BCUT2D eigenvalue weighted by molar-refractivity contribution is 8.00. The van der Waals surface area contributed by atoms with Crippen LogP contribution >= 0.6 is 11.8 Å². The maximum absolute atomic E-state index is 5.68. The predicted molar refractivity (Wildman–Crippen MR) is 66.6 cm³/mol. The van der Waals surface area contributed by atoms with Gasteiger partial charge in [-0.1, -0.05) is 32.0 Å². The fraction of sp³-hybridized carbons (Fsp3) is 0.538. The SMILES string of the molecule is CC(C)C1OCC(Sc2ccccc2)CO1. The van der Waals surface area contributed by atoms with Crippen LogP contribution in [0.3, 0.4) is 0 Å². The summed E-state index contributed by atoms with van der Waals surface area (Å²) in [7, 11) is 0. The maximum Gasteiger partial charge on any atom is 0.159 e. The number of hydrogen-bond donors (Lipinski definition) is 0. The highest BCUT2D eigenvalue weighted by Gasteiger charge is 2.24. The van der Waals surface area contributed by atoms with Gasteiger partial charge in [-0.15, -0.1) is 11.8 Å². The predicted octanol–water partition coefficient (Wildman–Crippen LogP) is 3.18. The van der Waals surface area contributed by atoms with E-state index in [1.54, 1.807) is 0 Å². The lowest BCUT2D eigenvalue weighted by atomic mass is 10.2. The third-order valence-electron chi connectivity index (χ3n) is 2.48. The van der Waals surface area contributed by atoms with Gasteiger partial charge in [-0.25, -0.2) is 0 Å². The van der Waals surface area contributed by atoms with Gasteiger partial charge in [-0.3, -0.25) is 0 Å². The molecular weight excluding hydrogens is 220 g/mol. The van der Waals surface area contributed by atoms with Gasteiger partial charge in [0, 0.05) is 10.8 Å². The molecule has 0 amide bonds. The largest absolute Gasteiger partial charge is 0.351 e. The minimum Gasteiger partial charge on any atom is -0.351 e. The molecule has 0 saturated carbocycles. The summed E-state index contributed by atoms with van der Waals surface area (Å²) in [5, 5.41) is 0.414. The van der Waals surface area contributed by atoms with E-state index in [4.69, 9.17) is 9.47 Å². The van der Waals surface area contributed by atoms with E-state index in [0.717, 1.165) is 13.2 Å². The molecule has 0 atom stereocenters. The van der Waals surface area contributed by atoms with Crippen molar-refractivity contribution >= 4 is 11.8 Å². The monoisotopic (exact) mass is 238 g/mol. The summed E-state index contributed by atoms with van der Waals surface area (Å²) in [6.45, 7) is 5.80. The van der Waals surface area contributed by atoms with E-state index < -0.39 is 0 Å². The zero-order chi connectivity index (χ0) is 11.4. The van der Waals surface area contributed by atoms with Crippen molar-refractivity contribution in [2.45, 2.75) is 30.3 Å². The molecule has 1 fully saturated rings. The van der Waals surface area contributed by atoms with Crippen molar-refractivity contribution in [3.8, 4) is 0 Å². The molecule has 0 aliphatic carbocycles. The van der Waals surface area contributed by atoms with Crippen LogP contribution in [0.15, 0.2) is 35.2 Å². The molecule has 2 rings (SSSR count). The van der Waals surface area contributed by atoms with Gasteiger partial charge in [-0.05, 0) is 12.1 Å². The van der Waals surface area contributed by atoms with Gasteiger partial charge in [0.25, 0.3) is 0 Å². The van der Waals surface area contributed by atoms with Gasteiger partial charge in [0.2, 0.25) is 0 Å². The van der Waals surface area contributed by atoms with E-state index in [1.807, 2.05) is 17.8 Å². The number of hydrogen-bond acceptors (Lipinski definition) is 3. The molecule has 1 aromatic rings. The molecule has 88 valence electrons. The molecule has 0 spiro atoms. The average Bonchev–Trinajstić information content (AvgIpc) is 2.31. The molecule has 1 aliphatic heterocycles. The molecule has 0 unspecified atom stereocenters. The molecule has 2 nitrogen and oxygen atoms in total. The molecular formula is C13H18O2S. The smallest absolute Gasteiger partial charge is 0.159 e. The molecule has 0 N–H and O–H groups in total. The Morgan fingerprint density at radius 3 is 2.31 bits per heavy atom. The molecule has 16 heavy (non-hydrogen) atoms. The maximum atomic E-state index is 5.68. The van der Waals surface area contributed by atoms with Crippen LogP contribution in [0.4, 0.5) is 0 Å². The number of benzene rings is 1. The van der Waals surface area contributed by atoms with Crippen LogP contribution in [0.1, 0.15) is 13.8 Å². The van der Waals surface area contributed by atoms with Crippen LogP contribution < -0.4 is 0 Å². The Hall–Kier alpha value is -0.510. The fourth-order valence-electron chi connectivity index (χ4n) is 1.65. The van der Waals surface area contributed by atoms with E-state index in [1.165, 1.54) is 4.90 Å². The van der Waals surface area contributed by atoms with Gasteiger partial charge in [0.1, 0.15) is 0 Å². The first-order valence-corrected chi connectivity index (χ1v) is 6.58. The second-order valence-electron chi connectivity index (χ2n) is 4.33. The lowest BCUT2D eigenvalue weighted by Gasteiger charge is -2.31. The first kappa shape index (κ1) is 12.0. The minimum absolute atomic E-state index is 0.0207. The Kier molecular flexibility index (Phi) is 4.27. The van der Waals surface area contributed by atoms with Crippen LogP contribution in [0.2, 0.25) is 0 Å². The van der Waals surface area contributed by atoms with Crippen LogP contribution in [0, 0.1) is 5.92 Å². The molecule has 1 saturated heterocycles. The van der Waals surface area contributed by atoms with E-state index in [9.17, 15) is 0 Å². The topological polar surface area (TPSA) is 18.5 Å². The third-order valence-corrected chi connectivity index (χ3v) is 3.63. The Morgan fingerprint density at radius 1 is 1.12 bits per heavy atom. The normalized spacial score (nSPS) is 25.9. The summed E-state index contributed by atoms with van der Waals surface area (Å²) < 4.78 is 11.4. The molecule has 1 heterocycles. The Labute approximate surface area is 101 Å². The Bertz CT molecular complexity index is 305. The number of thioether (sulfide) groups is 1. The second-order valence-corrected chi connectivity index (χ2v) is 5.71. The van der Waals surface area contributed by atoms with Crippen molar-refractivity contribution in [3.63, 3.8) is 0 Å².